The number of hydrogen-bond acceptors (Lipinski definition) is 5. The van der Waals surface area contributed by atoms with E-state index in [1.54, 1.807) is 18.2 Å². The molecular weight excluding hydrogens is 340 g/mol. The predicted molar refractivity (Wildman–Crippen MR) is 104 cm³/mol. The van der Waals surface area contributed by atoms with E-state index in [4.69, 9.17) is 20.3 Å². The molecule has 1 aliphatic carbocycles. The smallest absolute Gasteiger partial charge is 0.302 e. The van der Waals surface area contributed by atoms with Crippen LogP contribution >= 0.6 is 0 Å². The van der Waals surface area contributed by atoms with Gasteiger partial charge in [0.2, 0.25) is 0 Å². The molecule has 0 atom stereocenters. The summed E-state index contributed by atoms with van der Waals surface area (Å²) < 4.78 is 11.3. The first-order valence-corrected chi connectivity index (χ1v) is 8.55. The molecule has 5 heteroatoms. The highest BCUT2D eigenvalue weighted by Gasteiger charge is 2.19. The molecule has 3 N–H and O–H groups in total. The van der Waals surface area contributed by atoms with E-state index in [-0.39, 0.29) is 12.6 Å². The Kier molecular flexibility index (Phi) is 4.12. The Morgan fingerprint density at radius 1 is 1.07 bits per heavy atom. The van der Waals surface area contributed by atoms with Crippen LogP contribution in [0.5, 0.6) is 0 Å². The first-order valence-electron chi connectivity index (χ1n) is 8.55. The number of benzene rings is 3. The third-order valence-electron chi connectivity index (χ3n) is 4.46. The third-order valence-corrected chi connectivity index (χ3v) is 4.46. The summed E-state index contributed by atoms with van der Waals surface area (Å²) in [5.74, 6) is 0.284. The van der Waals surface area contributed by atoms with Crippen molar-refractivity contribution in [2.24, 2.45) is 0 Å². The molecule has 1 heterocycles. The second kappa shape index (κ2) is 6.61. The van der Waals surface area contributed by atoms with Crippen LogP contribution in [0.25, 0.3) is 33.4 Å². The van der Waals surface area contributed by atoms with Crippen molar-refractivity contribution in [2.75, 3.05) is 5.73 Å². The molecule has 4 rings (SSSR count). The summed E-state index contributed by atoms with van der Waals surface area (Å²) in [6, 6.07) is 18.7. The van der Waals surface area contributed by atoms with E-state index in [9.17, 15) is 4.79 Å². The van der Waals surface area contributed by atoms with Crippen LogP contribution in [-0.2, 0) is 16.1 Å². The Balaban J connectivity index is 2.06. The number of carbonyl (C=O) groups excluding carboxylic acids is 1. The van der Waals surface area contributed by atoms with Gasteiger partial charge in [0.05, 0.1) is 5.36 Å². The molecule has 0 saturated carbocycles. The Labute approximate surface area is 155 Å². The molecule has 134 valence electrons. The van der Waals surface area contributed by atoms with Crippen molar-refractivity contribution in [3.8, 4) is 22.5 Å². The van der Waals surface area contributed by atoms with Gasteiger partial charge >= 0.3 is 5.97 Å². The second-order valence-corrected chi connectivity index (χ2v) is 6.38. The Morgan fingerprint density at radius 2 is 1.89 bits per heavy atom. The fourth-order valence-corrected chi connectivity index (χ4v) is 3.27. The summed E-state index contributed by atoms with van der Waals surface area (Å²) >= 11 is 0. The summed E-state index contributed by atoms with van der Waals surface area (Å²) in [7, 11) is 0. The van der Waals surface area contributed by atoms with Crippen molar-refractivity contribution in [3.63, 3.8) is 0 Å². The quantitative estimate of drug-likeness (QED) is 0.324. The zero-order chi connectivity index (χ0) is 19.0. The number of fused-ring (bicyclic) bond motifs is 2. The van der Waals surface area contributed by atoms with Gasteiger partial charge in [-0.3, -0.25) is 4.79 Å². The number of anilines is 1. The molecule has 27 heavy (non-hydrogen) atoms. The van der Waals surface area contributed by atoms with Crippen LogP contribution in [0.1, 0.15) is 12.5 Å². The highest BCUT2D eigenvalue weighted by molar-refractivity contribution is 6.03. The summed E-state index contributed by atoms with van der Waals surface area (Å²) in [5.41, 5.74) is 10.9. The lowest BCUT2D eigenvalue weighted by Crippen LogP contribution is -2.03. The molecule has 2 aliphatic rings. The van der Waals surface area contributed by atoms with Crippen LogP contribution in [0, 0.1) is 5.41 Å². The normalized spacial score (nSPS) is 11.0. The SMILES string of the molecule is CC(=O)OCc1ccccc1-c1c2ccc(=N)cc-2oc2cc(N)ccc12. The molecule has 2 aromatic rings. The largest absolute Gasteiger partial charge is 0.461 e. The summed E-state index contributed by atoms with van der Waals surface area (Å²) in [6.45, 7) is 1.58. The fourth-order valence-electron chi connectivity index (χ4n) is 3.27. The zero-order valence-electron chi connectivity index (χ0n) is 14.8. The lowest BCUT2D eigenvalue weighted by atomic mass is 9.91. The molecule has 0 spiro atoms. The molecule has 0 fully saturated rings. The molecule has 0 unspecified atom stereocenters. The van der Waals surface area contributed by atoms with E-state index in [0.29, 0.717) is 22.4 Å². The number of nitrogen functional groups attached to an aromatic ring is 1. The van der Waals surface area contributed by atoms with Crippen LogP contribution in [-0.4, -0.2) is 5.97 Å². The summed E-state index contributed by atoms with van der Waals surface area (Å²) in [6.07, 6.45) is 0. The number of hydrogen-bond donors (Lipinski definition) is 2. The van der Waals surface area contributed by atoms with Gasteiger partial charge in [0.1, 0.15) is 18.0 Å². The van der Waals surface area contributed by atoms with Gasteiger partial charge in [0, 0.05) is 41.3 Å². The molecular formula is C22H18N2O3. The van der Waals surface area contributed by atoms with E-state index in [1.165, 1.54) is 6.92 Å². The predicted octanol–water partition coefficient (Wildman–Crippen LogP) is 4.33. The van der Waals surface area contributed by atoms with Crippen molar-refractivity contribution >= 4 is 22.6 Å². The van der Waals surface area contributed by atoms with Crippen molar-refractivity contribution in [2.45, 2.75) is 13.5 Å². The lowest BCUT2D eigenvalue weighted by molar-refractivity contribution is -0.142. The molecule has 0 radical (unpaired) electrons. The van der Waals surface area contributed by atoms with Crippen molar-refractivity contribution in [1.29, 1.82) is 5.41 Å². The molecule has 2 aromatic carbocycles. The number of ether oxygens (including phenoxy) is 1. The number of nitrogens with two attached hydrogens (primary N) is 1. The van der Waals surface area contributed by atoms with Crippen molar-refractivity contribution in [1.82, 2.24) is 0 Å². The Hall–Kier alpha value is -3.60. The summed E-state index contributed by atoms with van der Waals surface area (Å²) in [4.78, 5) is 11.3. The van der Waals surface area contributed by atoms with Gasteiger partial charge in [-0.05, 0) is 35.4 Å². The fraction of sp³-hybridized carbons (Fsp3) is 0.0909. The van der Waals surface area contributed by atoms with E-state index < -0.39 is 0 Å². The minimum absolute atomic E-state index is 0.187. The first kappa shape index (κ1) is 16.8. The average Bonchev–Trinajstić information content (AvgIpc) is 2.64. The maximum absolute atomic E-state index is 11.3. The Bertz CT molecular complexity index is 1190. The van der Waals surface area contributed by atoms with Crippen LogP contribution in [0.3, 0.4) is 0 Å². The molecule has 1 aliphatic heterocycles. The second-order valence-electron chi connectivity index (χ2n) is 6.38. The zero-order valence-corrected chi connectivity index (χ0v) is 14.8. The van der Waals surface area contributed by atoms with Crippen LogP contribution in [0.15, 0.2) is 65.1 Å². The summed E-state index contributed by atoms with van der Waals surface area (Å²) in [5, 5.41) is 9.19. The van der Waals surface area contributed by atoms with E-state index in [1.807, 2.05) is 42.5 Å². The van der Waals surface area contributed by atoms with E-state index in [0.717, 1.165) is 27.6 Å². The molecule has 0 saturated heterocycles. The molecule has 0 bridgehead atoms. The maximum atomic E-state index is 11.3. The van der Waals surface area contributed by atoms with Crippen molar-refractivity contribution < 1.29 is 13.9 Å². The van der Waals surface area contributed by atoms with E-state index >= 15 is 0 Å². The number of nitrogens with one attached hydrogen (secondary N) is 1. The van der Waals surface area contributed by atoms with Gasteiger partial charge in [-0.25, -0.2) is 0 Å². The molecule has 0 amide bonds. The maximum Gasteiger partial charge on any atom is 0.302 e. The van der Waals surface area contributed by atoms with Gasteiger partial charge in [-0.1, -0.05) is 24.3 Å². The van der Waals surface area contributed by atoms with Crippen molar-refractivity contribution in [3.05, 3.63) is 71.6 Å². The third kappa shape index (κ3) is 3.15. The average molecular weight is 358 g/mol. The van der Waals surface area contributed by atoms with Gasteiger partial charge in [0.25, 0.3) is 0 Å². The highest BCUT2D eigenvalue weighted by atomic mass is 16.5. The monoisotopic (exact) mass is 358 g/mol. The van der Waals surface area contributed by atoms with Crippen LogP contribution in [0.2, 0.25) is 0 Å². The van der Waals surface area contributed by atoms with Gasteiger partial charge in [-0.15, -0.1) is 0 Å². The standard InChI is InChI=1S/C22H18N2O3/c1-13(25)26-12-14-4-2-3-5-17(14)22-18-8-6-15(23)10-20(18)27-21-11-16(24)7-9-19(21)22/h2-11,23H,12,24H2,1H3. The molecule has 5 nitrogen and oxygen atoms in total. The van der Waals surface area contributed by atoms with E-state index in [2.05, 4.69) is 0 Å². The van der Waals surface area contributed by atoms with Crippen LogP contribution in [0.4, 0.5) is 5.69 Å². The lowest BCUT2D eigenvalue weighted by Gasteiger charge is -2.18. The van der Waals surface area contributed by atoms with Gasteiger partial charge < -0.3 is 20.3 Å². The number of esters is 1. The van der Waals surface area contributed by atoms with Crippen LogP contribution < -0.4 is 11.1 Å². The topological polar surface area (TPSA) is 89.3 Å². The number of rotatable bonds is 3. The first-order chi connectivity index (χ1) is 13.0. The number of carbonyl (C=O) groups is 1. The molecule has 0 aromatic heterocycles. The minimum Gasteiger partial charge on any atom is -0.461 e. The Morgan fingerprint density at radius 3 is 2.70 bits per heavy atom. The minimum atomic E-state index is -0.325. The van der Waals surface area contributed by atoms with Gasteiger partial charge in [0.15, 0.2) is 0 Å². The highest BCUT2D eigenvalue weighted by Crippen LogP contribution is 2.41. The van der Waals surface area contributed by atoms with Gasteiger partial charge in [-0.2, -0.15) is 0 Å².